The molecule has 0 saturated carbocycles. The minimum absolute atomic E-state index is 0.0260. The Balaban J connectivity index is 2.51. The summed E-state index contributed by atoms with van der Waals surface area (Å²) in [7, 11) is 0. The van der Waals surface area contributed by atoms with Crippen LogP contribution in [0.1, 0.15) is 12.5 Å². The summed E-state index contributed by atoms with van der Waals surface area (Å²) in [4.78, 5) is 11.7. The largest absolute Gasteiger partial charge is 0.479 e. The summed E-state index contributed by atoms with van der Waals surface area (Å²) in [6, 6.07) is 11.0. The smallest absolute Gasteiger partial charge is 0.333 e. The molecule has 0 aliphatic carbocycles. The Morgan fingerprint density at radius 1 is 1.33 bits per heavy atom. The van der Waals surface area contributed by atoms with E-state index in [0.29, 0.717) is 15.2 Å². The van der Waals surface area contributed by atoms with Gasteiger partial charge in [0.15, 0.2) is 5.54 Å². The van der Waals surface area contributed by atoms with Gasteiger partial charge in [0.1, 0.15) is 5.82 Å². The van der Waals surface area contributed by atoms with Crippen molar-refractivity contribution in [3.8, 4) is 0 Å². The third-order valence-corrected chi connectivity index (χ3v) is 3.98. The number of hydrogen-bond acceptors (Lipinski definition) is 2. The molecule has 0 heterocycles. The summed E-state index contributed by atoms with van der Waals surface area (Å²) in [6.45, 7) is 1.39. The van der Waals surface area contributed by atoms with Gasteiger partial charge in [-0.15, -0.1) is 0 Å². The second kappa shape index (κ2) is 6.03. The minimum Gasteiger partial charge on any atom is -0.479 e. The van der Waals surface area contributed by atoms with Crippen molar-refractivity contribution in [3.05, 3.63) is 63.3 Å². The fourth-order valence-electron chi connectivity index (χ4n) is 1.96. The zero-order chi connectivity index (χ0) is 15.6. The maximum atomic E-state index is 14.1. The first kappa shape index (κ1) is 15.8. The van der Waals surface area contributed by atoms with Gasteiger partial charge in [-0.05, 0) is 31.2 Å². The molecule has 2 aromatic carbocycles. The van der Waals surface area contributed by atoms with Crippen LogP contribution in [0, 0.1) is 5.82 Å². The normalized spacial score (nSPS) is 13.5. The SMILES string of the molecule is CC(Nc1ccccc1Cl)(C(=O)O)c1ccc(Br)cc1F. The summed E-state index contributed by atoms with van der Waals surface area (Å²) in [5.41, 5.74) is -1.19. The van der Waals surface area contributed by atoms with Crippen molar-refractivity contribution in [1.82, 2.24) is 0 Å². The molecule has 3 nitrogen and oxygen atoms in total. The first-order valence-corrected chi connectivity index (χ1v) is 7.23. The lowest BCUT2D eigenvalue weighted by Gasteiger charge is -2.29. The van der Waals surface area contributed by atoms with Crippen LogP contribution in [0.15, 0.2) is 46.9 Å². The van der Waals surface area contributed by atoms with Crippen LogP contribution in [0.4, 0.5) is 10.1 Å². The standard InChI is InChI=1S/C15H12BrClFNO2/c1-15(14(20)21,10-7-6-9(16)8-12(10)18)19-13-5-3-2-4-11(13)17/h2-8,19H,1H3,(H,20,21). The molecule has 21 heavy (non-hydrogen) atoms. The van der Waals surface area contributed by atoms with Gasteiger partial charge < -0.3 is 10.4 Å². The molecule has 2 aromatic rings. The fraction of sp³-hybridized carbons (Fsp3) is 0.133. The molecule has 0 spiro atoms. The molecular formula is C15H12BrClFNO2. The zero-order valence-electron chi connectivity index (χ0n) is 11.0. The van der Waals surface area contributed by atoms with Gasteiger partial charge in [-0.1, -0.05) is 45.7 Å². The van der Waals surface area contributed by atoms with Crippen molar-refractivity contribution in [1.29, 1.82) is 0 Å². The zero-order valence-corrected chi connectivity index (χ0v) is 13.4. The molecule has 0 amide bonds. The topological polar surface area (TPSA) is 49.3 Å². The molecule has 2 N–H and O–H groups in total. The Labute approximate surface area is 134 Å². The lowest BCUT2D eigenvalue weighted by molar-refractivity contribution is -0.142. The molecule has 0 bridgehead atoms. The number of carboxylic acids is 1. The van der Waals surface area contributed by atoms with Crippen molar-refractivity contribution >= 4 is 39.2 Å². The highest BCUT2D eigenvalue weighted by molar-refractivity contribution is 9.10. The van der Waals surface area contributed by atoms with E-state index in [1.165, 1.54) is 19.1 Å². The number of hydrogen-bond donors (Lipinski definition) is 2. The number of carbonyl (C=O) groups is 1. The number of para-hydroxylation sites is 1. The van der Waals surface area contributed by atoms with E-state index in [1.807, 2.05) is 0 Å². The number of halogens is 3. The summed E-state index contributed by atoms with van der Waals surface area (Å²) in [5.74, 6) is -1.82. The number of carboxylic acid groups (broad SMARTS) is 1. The van der Waals surface area contributed by atoms with Gasteiger partial charge in [0.2, 0.25) is 0 Å². The Morgan fingerprint density at radius 3 is 2.57 bits per heavy atom. The number of rotatable bonds is 4. The minimum atomic E-state index is -1.64. The van der Waals surface area contributed by atoms with E-state index in [-0.39, 0.29) is 5.56 Å². The number of nitrogens with one attached hydrogen (secondary N) is 1. The molecule has 6 heteroatoms. The second-order valence-electron chi connectivity index (χ2n) is 4.66. The molecule has 0 aromatic heterocycles. The maximum absolute atomic E-state index is 14.1. The second-order valence-corrected chi connectivity index (χ2v) is 5.98. The summed E-state index contributed by atoms with van der Waals surface area (Å²) in [6.07, 6.45) is 0. The van der Waals surface area contributed by atoms with E-state index < -0.39 is 17.3 Å². The molecule has 0 aliphatic heterocycles. The van der Waals surface area contributed by atoms with Crippen molar-refractivity contribution in [2.75, 3.05) is 5.32 Å². The molecule has 0 aliphatic rings. The highest BCUT2D eigenvalue weighted by atomic mass is 79.9. The summed E-state index contributed by atoms with van der Waals surface area (Å²) < 4.78 is 14.7. The van der Waals surface area contributed by atoms with E-state index in [1.54, 1.807) is 30.3 Å². The van der Waals surface area contributed by atoms with Crippen molar-refractivity contribution in [2.24, 2.45) is 0 Å². The van der Waals surface area contributed by atoms with E-state index in [2.05, 4.69) is 21.2 Å². The molecule has 1 atom stereocenters. The van der Waals surface area contributed by atoms with Gasteiger partial charge in [-0.25, -0.2) is 9.18 Å². The average molecular weight is 373 g/mol. The Kier molecular flexibility index (Phi) is 4.54. The molecule has 1 unspecified atom stereocenters. The van der Waals surface area contributed by atoms with Gasteiger partial charge >= 0.3 is 5.97 Å². The highest BCUT2D eigenvalue weighted by Gasteiger charge is 2.38. The van der Waals surface area contributed by atoms with Crippen LogP contribution < -0.4 is 5.32 Å². The van der Waals surface area contributed by atoms with Crippen LogP contribution in [0.25, 0.3) is 0 Å². The van der Waals surface area contributed by atoms with Crippen LogP contribution in [0.5, 0.6) is 0 Å². The Morgan fingerprint density at radius 2 is 2.00 bits per heavy atom. The quantitative estimate of drug-likeness (QED) is 0.821. The van der Waals surface area contributed by atoms with Crippen LogP contribution in [-0.2, 0) is 10.3 Å². The van der Waals surface area contributed by atoms with Gasteiger partial charge in [0, 0.05) is 10.0 Å². The van der Waals surface area contributed by atoms with Gasteiger partial charge in [-0.3, -0.25) is 0 Å². The van der Waals surface area contributed by atoms with Gasteiger partial charge in [0.25, 0.3) is 0 Å². The Hall–Kier alpha value is -1.59. The third kappa shape index (κ3) is 3.19. The van der Waals surface area contributed by atoms with Crippen molar-refractivity contribution in [2.45, 2.75) is 12.5 Å². The molecule has 2 rings (SSSR count). The van der Waals surface area contributed by atoms with E-state index in [4.69, 9.17) is 11.6 Å². The average Bonchev–Trinajstić information content (AvgIpc) is 2.41. The Bertz CT molecular complexity index is 695. The van der Waals surface area contributed by atoms with E-state index in [9.17, 15) is 14.3 Å². The molecular weight excluding hydrogens is 361 g/mol. The van der Waals surface area contributed by atoms with Gasteiger partial charge in [-0.2, -0.15) is 0 Å². The van der Waals surface area contributed by atoms with E-state index in [0.717, 1.165) is 0 Å². The predicted molar refractivity (Wildman–Crippen MR) is 84.2 cm³/mol. The van der Waals surface area contributed by atoms with Gasteiger partial charge in [0.05, 0.1) is 10.7 Å². The fourth-order valence-corrected chi connectivity index (χ4v) is 2.48. The van der Waals surface area contributed by atoms with Crippen molar-refractivity contribution in [3.63, 3.8) is 0 Å². The maximum Gasteiger partial charge on any atom is 0.333 e. The molecule has 110 valence electrons. The first-order valence-electron chi connectivity index (χ1n) is 6.06. The molecule has 0 saturated heterocycles. The van der Waals surface area contributed by atoms with Crippen LogP contribution >= 0.6 is 27.5 Å². The van der Waals surface area contributed by atoms with E-state index >= 15 is 0 Å². The molecule has 0 radical (unpaired) electrons. The number of anilines is 1. The number of aliphatic carboxylic acids is 1. The number of benzene rings is 2. The van der Waals surface area contributed by atoms with Crippen molar-refractivity contribution < 1.29 is 14.3 Å². The summed E-state index contributed by atoms with van der Waals surface area (Å²) in [5, 5.41) is 12.7. The lowest BCUT2D eigenvalue weighted by atomic mass is 9.91. The first-order chi connectivity index (χ1) is 9.84. The van der Waals surface area contributed by atoms with Crippen LogP contribution in [0.2, 0.25) is 5.02 Å². The third-order valence-electron chi connectivity index (χ3n) is 3.16. The molecule has 0 fully saturated rings. The van der Waals surface area contributed by atoms with Crippen LogP contribution in [-0.4, -0.2) is 11.1 Å². The lowest BCUT2D eigenvalue weighted by Crippen LogP contribution is -2.41. The monoisotopic (exact) mass is 371 g/mol. The highest BCUT2D eigenvalue weighted by Crippen LogP contribution is 2.32. The predicted octanol–water partition coefficient (Wildman–Crippen LogP) is 4.65. The van der Waals surface area contributed by atoms with Crippen LogP contribution in [0.3, 0.4) is 0 Å². The summed E-state index contributed by atoms with van der Waals surface area (Å²) >= 11 is 9.18.